The van der Waals surface area contributed by atoms with Gasteiger partial charge in [-0.05, 0) is 59.5 Å². The maximum atomic E-state index is 13.2. The molecule has 0 saturated carbocycles. The summed E-state index contributed by atoms with van der Waals surface area (Å²) in [5, 5.41) is 2.47. The van der Waals surface area contributed by atoms with Gasteiger partial charge in [0.1, 0.15) is 23.7 Å². The highest BCUT2D eigenvalue weighted by Gasteiger charge is 2.17. The van der Waals surface area contributed by atoms with Gasteiger partial charge in [-0.2, -0.15) is 0 Å². The summed E-state index contributed by atoms with van der Waals surface area (Å²) in [5.41, 5.74) is 6.43. The fraction of sp³-hybridized carbons (Fsp3) is 0.148. The van der Waals surface area contributed by atoms with Crippen LogP contribution in [0.5, 0.6) is 5.75 Å². The summed E-state index contributed by atoms with van der Waals surface area (Å²) >= 11 is 0. The van der Waals surface area contributed by atoms with Gasteiger partial charge >= 0.3 is 0 Å². The molecule has 3 nitrogen and oxygen atoms in total. The van der Waals surface area contributed by atoms with Gasteiger partial charge in [0.15, 0.2) is 0 Å². The van der Waals surface area contributed by atoms with E-state index in [-0.39, 0.29) is 18.2 Å². The lowest BCUT2D eigenvalue weighted by Gasteiger charge is -2.13. The van der Waals surface area contributed by atoms with Crippen LogP contribution in [0.2, 0.25) is 0 Å². The van der Waals surface area contributed by atoms with E-state index in [0.717, 1.165) is 34.5 Å². The lowest BCUT2D eigenvalue weighted by atomic mass is 10.1. The van der Waals surface area contributed by atoms with Crippen LogP contribution in [0.3, 0.4) is 0 Å². The third kappa shape index (κ3) is 4.06. The zero-order chi connectivity index (χ0) is 21.4. The van der Waals surface area contributed by atoms with Crippen LogP contribution < -0.4 is 4.74 Å². The Balaban J connectivity index is 0.00000245. The highest BCUT2D eigenvalue weighted by Crippen LogP contribution is 2.32. The third-order valence-electron chi connectivity index (χ3n) is 5.92. The molecule has 162 valence electrons. The zero-order valence-corrected chi connectivity index (χ0v) is 18.8. The van der Waals surface area contributed by atoms with Crippen LogP contribution in [0, 0.1) is 19.7 Å². The van der Waals surface area contributed by atoms with Crippen molar-refractivity contribution in [2.75, 3.05) is 0 Å². The molecule has 0 N–H and O–H groups in total. The first-order valence-electron chi connectivity index (χ1n) is 10.4. The average molecular weight is 447 g/mol. The van der Waals surface area contributed by atoms with E-state index in [9.17, 15) is 4.39 Å². The Labute approximate surface area is 192 Å². The molecule has 0 aliphatic carbocycles. The zero-order valence-electron chi connectivity index (χ0n) is 18.0. The lowest BCUT2D eigenvalue weighted by Crippen LogP contribution is -2.04. The molecule has 0 saturated heterocycles. The summed E-state index contributed by atoms with van der Waals surface area (Å²) in [7, 11) is 0. The Morgan fingerprint density at radius 1 is 0.875 bits per heavy atom. The minimum Gasteiger partial charge on any atom is -0.487 e. The Hall–Kier alpha value is -3.37. The molecule has 32 heavy (non-hydrogen) atoms. The molecule has 2 heterocycles. The highest BCUT2D eigenvalue weighted by molar-refractivity contribution is 5.87. The van der Waals surface area contributed by atoms with E-state index in [0.29, 0.717) is 6.61 Å². The third-order valence-corrected chi connectivity index (χ3v) is 5.92. The maximum Gasteiger partial charge on any atom is 0.147 e. The Morgan fingerprint density at radius 2 is 1.59 bits per heavy atom. The Morgan fingerprint density at radius 3 is 2.38 bits per heavy atom. The summed E-state index contributed by atoms with van der Waals surface area (Å²) in [6, 6.07) is 23.3. The van der Waals surface area contributed by atoms with Crippen molar-refractivity contribution in [1.82, 2.24) is 9.55 Å². The fourth-order valence-electron chi connectivity index (χ4n) is 4.09. The molecule has 0 atom stereocenters. The second kappa shape index (κ2) is 9.01. The summed E-state index contributed by atoms with van der Waals surface area (Å²) in [6.07, 6.45) is 1.79. The average Bonchev–Trinajstić information content (AvgIpc) is 3.04. The molecule has 5 rings (SSSR count). The van der Waals surface area contributed by atoms with Crippen molar-refractivity contribution in [3.8, 4) is 5.75 Å². The Bertz CT molecular complexity index is 1390. The minimum atomic E-state index is -0.245. The predicted molar refractivity (Wildman–Crippen MR) is 130 cm³/mol. The van der Waals surface area contributed by atoms with Crippen molar-refractivity contribution in [2.24, 2.45) is 0 Å². The van der Waals surface area contributed by atoms with Crippen LogP contribution >= 0.6 is 12.4 Å². The van der Waals surface area contributed by atoms with Gasteiger partial charge < -0.3 is 9.30 Å². The number of hydrogen-bond donors (Lipinski definition) is 0. The standard InChI is InChI=1S/C27H23FN2O.ClH/c1-18-19(2)30(16-21-7-10-22-5-3-4-6-23(22)15-21)27-25(13-14-29-26(18)27)31-17-20-8-11-24(28)12-9-20;/h3-15H,16-17H2,1-2H3;1H. The smallest absolute Gasteiger partial charge is 0.147 e. The van der Waals surface area contributed by atoms with Crippen molar-refractivity contribution in [2.45, 2.75) is 27.0 Å². The summed E-state index contributed by atoms with van der Waals surface area (Å²) < 4.78 is 21.7. The van der Waals surface area contributed by atoms with Crippen molar-refractivity contribution < 1.29 is 9.13 Å². The first-order valence-corrected chi connectivity index (χ1v) is 10.4. The molecule has 0 fully saturated rings. The van der Waals surface area contributed by atoms with E-state index >= 15 is 0 Å². The first kappa shape index (κ1) is 21.8. The molecule has 5 heteroatoms. The fourth-order valence-corrected chi connectivity index (χ4v) is 4.09. The van der Waals surface area contributed by atoms with Gasteiger partial charge in [0, 0.05) is 24.5 Å². The number of fused-ring (bicyclic) bond motifs is 2. The number of halogens is 2. The van der Waals surface area contributed by atoms with Gasteiger partial charge in [-0.3, -0.25) is 4.98 Å². The number of ether oxygens (including phenoxy) is 1. The molecule has 2 aromatic heterocycles. The number of aromatic nitrogens is 2. The van der Waals surface area contributed by atoms with Gasteiger partial charge in [-0.15, -0.1) is 12.4 Å². The second-order valence-electron chi connectivity index (χ2n) is 7.90. The quantitative estimate of drug-likeness (QED) is 0.291. The predicted octanol–water partition coefficient (Wildman–Crippen LogP) is 6.99. The van der Waals surface area contributed by atoms with Gasteiger partial charge in [-0.25, -0.2) is 4.39 Å². The molecular weight excluding hydrogens is 423 g/mol. The topological polar surface area (TPSA) is 27.1 Å². The number of benzene rings is 3. The van der Waals surface area contributed by atoms with E-state index in [1.54, 1.807) is 18.3 Å². The largest absolute Gasteiger partial charge is 0.487 e. The van der Waals surface area contributed by atoms with Gasteiger partial charge in [-0.1, -0.05) is 48.5 Å². The number of rotatable bonds is 5. The van der Waals surface area contributed by atoms with Crippen molar-refractivity contribution in [1.29, 1.82) is 0 Å². The first-order chi connectivity index (χ1) is 15.1. The summed E-state index contributed by atoms with van der Waals surface area (Å²) in [6.45, 7) is 5.34. The molecule has 5 aromatic rings. The van der Waals surface area contributed by atoms with Gasteiger partial charge in [0.2, 0.25) is 0 Å². The van der Waals surface area contributed by atoms with Crippen molar-refractivity contribution >= 4 is 34.2 Å². The number of pyridine rings is 1. The van der Waals surface area contributed by atoms with Crippen LogP contribution in [0.1, 0.15) is 22.4 Å². The number of aryl methyl sites for hydroxylation is 1. The second-order valence-corrected chi connectivity index (χ2v) is 7.90. The molecule has 0 bridgehead atoms. The highest BCUT2D eigenvalue weighted by atomic mass is 35.5. The van der Waals surface area contributed by atoms with Gasteiger partial charge in [0.25, 0.3) is 0 Å². The van der Waals surface area contributed by atoms with Crippen molar-refractivity contribution in [3.63, 3.8) is 0 Å². The van der Waals surface area contributed by atoms with E-state index in [1.807, 2.05) is 6.07 Å². The number of nitrogens with zero attached hydrogens (tertiary/aromatic N) is 2. The van der Waals surface area contributed by atoms with E-state index in [2.05, 4.69) is 65.9 Å². The minimum absolute atomic E-state index is 0. The molecule has 3 aromatic carbocycles. The molecule has 0 aliphatic heterocycles. The lowest BCUT2D eigenvalue weighted by molar-refractivity contribution is 0.308. The Kier molecular flexibility index (Phi) is 6.15. The van der Waals surface area contributed by atoms with Crippen LogP contribution in [-0.2, 0) is 13.2 Å². The summed E-state index contributed by atoms with van der Waals surface area (Å²) in [5.74, 6) is 0.539. The maximum absolute atomic E-state index is 13.2. The van der Waals surface area contributed by atoms with E-state index in [1.165, 1.54) is 34.2 Å². The molecule has 0 unspecified atom stereocenters. The molecule has 0 aliphatic rings. The van der Waals surface area contributed by atoms with Gasteiger partial charge in [0.05, 0.1) is 5.52 Å². The molecule has 0 spiro atoms. The SMILES string of the molecule is Cc1c(C)n(Cc2ccc3ccccc3c2)c2c(OCc3ccc(F)cc3)ccnc12.Cl. The molecule has 0 radical (unpaired) electrons. The van der Waals surface area contributed by atoms with Crippen LogP contribution in [-0.4, -0.2) is 9.55 Å². The summed E-state index contributed by atoms with van der Waals surface area (Å²) in [4.78, 5) is 4.63. The monoisotopic (exact) mass is 446 g/mol. The normalized spacial score (nSPS) is 11.0. The number of hydrogen-bond acceptors (Lipinski definition) is 2. The van der Waals surface area contributed by atoms with Crippen LogP contribution in [0.25, 0.3) is 21.8 Å². The van der Waals surface area contributed by atoms with E-state index < -0.39 is 0 Å². The van der Waals surface area contributed by atoms with Crippen LogP contribution in [0.4, 0.5) is 4.39 Å². The van der Waals surface area contributed by atoms with Crippen molar-refractivity contribution in [3.05, 3.63) is 107 Å². The van der Waals surface area contributed by atoms with Crippen LogP contribution in [0.15, 0.2) is 79.0 Å². The van der Waals surface area contributed by atoms with E-state index in [4.69, 9.17) is 4.74 Å². The molecular formula is C27H24ClFN2O. The molecule has 0 amide bonds.